The summed E-state index contributed by atoms with van der Waals surface area (Å²) in [5.74, 6) is 0.991. The third kappa shape index (κ3) is 4.55. The van der Waals surface area contributed by atoms with Crippen LogP contribution >= 0.6 is 0 Å². The number of H-pyrrole nitrogens is 1. The minimum Gasteiger partial charge on any atom is -0.486 e. The van der Waals surface area contributed by atoms with Crippen molar-refractivity contribution in [1.82, 2.24) is 20.1 Å². The van der Waals surface area contributed by atoms with E-state index in [1.54, 1.807) is 18.2 Å². The van der Waals surface area contributed by atoms with Crippen LogP contribution in [0, 0.1) is 0 Å². The molecule has 1 fully saturated rings. The highest BCUT2D eigenvalue weighted by atomic mass is 16.6. The van der Waals surface area contributed by atoms with Crippen LogP contribution in [0.2, 0.25) is 0 Å². The lowest BCUT2D eigenvalue weighted by Crippen LogP contribution is -2.35. The van der Waals surface area contributed by atoms with Crippen molar-refractivity contribution in [1.29, 1.82) is 0 Å². The van der Waals surface area contributed by atoms with Gasteiger partial charge in [0.1, 0.15) is 13.2 Å². The van der Waals surface area contributed by atoms with Crippen molar-refractivity contribution >= 4 is 22.5 Å². The SMILES string of the molecule is O=C(Nc1ccc2c(c1)OCCO2)c1n[nH]c2ccc(-c3cncc(CN4CCOCC4)c3)cc12. The molecule has 0 aliphatic carbocycles. The molecule has 1 saturated heterocycles. The average Bonchev–Trinajstić information content (AvgIpc) is 3.33. The van der Waals surface area contributed by atoms with Crippen LogP contribution in [0.3, 0.4) is 0 Å². The Morgan fingerprint density at radius 2 is 1.80 bits per heavy atom. The Balaban J connectivity index is 1.24. The van der Waals surface area contributed by atoms with E-state index >= 15 is 0 Å². The number of hydrogen-bond acceptors (Lipinski definition) is 7. The molecule has 2 aromatic heterocycles. The van der Waals surface area contributed by atoms with Crippen LogP contribution in [-0.2, 0) is 11.3 Å². The Morgan fingerprint density at radius 3 is 2.69 bits per heavy atom. The Kier molecular flexibility index (Phi) is 5.77. The van der Waals surface area contributed by atoms with Crippen molar-refractivity contribution in [2.45, 2.75) is 6.54 Å². The van der Waals surface area contributed by atoms with Gasteiger partial charge in [-0.25, -0.2) is 0 Å². The monoisotopic (exact) mass is 471 g/mol. The predicted octanol–water partition coefficient (Wildman–Crippen LogP) is 3.48. The molecule has 0 spiro atoms. The van der Waals surface area contributed by atoms with Crippen LogP contribution in [-0.4, -0.2) is 65.5 Å². The highest BCUT2D eigenvalue weighted by Crippen LogP contribution is 2.33. The Morgan fingerprint density at radius 1 is 0.943 bits per heavy atom. The highest BCUT2D eigenvalue weighted by Gasteiger charge is 2.18. The number of hydrogen-bond donors (Lipinski definition) is 2. The maximum absolute atomic E-state index is 13.1. The van der Waals surface area contributed by atoms with Gasteiger partial charge in [0.15, 0.2) is 17.2 Å². The van der Waals surface area contributed by atoms with E-state index in [1.807, 2.05) is 30.6 Å². The lowest BCUT2D eigenvalue weighted by molar-refractivity contribution is 0.0341. The zero-order chi connectivity index (χ0) is 23.6. The molecule has 0 atom stereocenters. The van der Waals surface area contributed by atoms with Gasteiger partial charge in [0.25, 0.3) is 5.91 Å². The molecule has 9 heteroatoms. The van der Waals surface area contributed by atoms with Gasteiger partial charge in [0.2, 0.25) is 0 Å². The average molecular weight is 472 g/mol. The quantitative estimate of drug-likeness (QED) is 0.460. The van der Waals surface area contributed by atoms with Crippen LogP contribution in [0.15, 0.2) is 54.9 Å². The summed E-state index contributed by atoms with van der Waals surface area (Å²) < 4.78 is 16.6. The zero-order valence-electron chi connectivity index (χ0n) is 19.1. The van der Waals surface area contributed by atoms with E-state index in [4.69, 9.17) is 14.2 Å². The summed E-state index contributed by atoms with van der Waals surface area (Å²) in [7, 11) is 0. The second-order valence-electron chi connectivity index (χ2n) is 8.62. The predicted molar refractivity (Wildman–Crippen MR) is 131 cm³/mol. The third-order valence-electron chi connectivity index (χ3n) is 6.22. The van der Waals surface area contributed by atoms with Crippen molar-refractivity contribution in [3.8, 4) is 22.6 Å². The second kappa shape index (κ2) is 9.36. The number of anilines is 1. The standard InChI is InChI=1S/C26H25N5O4/c32-26(28-20-2-4-23-24(13-20)35-10-9-34-23)25-21-12-18(1-3-22(21)29-30-25)19-11-17(14-27-15-19)16-31-5-7-33-8-6-31/h1-4,11-15H,5-10,16H2,(H,28,32)(H,29,30). The molecule has 2 aliphatic rings. The lowest BCUT2D eigenvalue weighted by Gasteiger charge is -2.26. The molecule has 4 heterocycles. The van der Waals surface area contributed by atoms with Crippen LogP contribution in [0.25, 0.3) is 22.0 Å². The number of rotatable bonds is 5. The Labute approximate surface area is 202 Å². The lowest BCUT2D eigenvalue weighted by atomic mass is 10.0. The highest BCUT2D eigenvalue weighted by molar-refractivity contribution is 6.11. The van der Waals surface area contributed by atoms with Crippen LogP contribution in [0.1, 0.15) is 16.1 Å². The van der Waals surface area contributed by atoms with E-state index in [9.17, 15) is 4.79 Å². The van der Waals surface area contributed by atoms with E-state index in [0.717, 1.165) is 60.4 Å². The van der Waals surface area contributed by atoms with Crippen LogP contribution < -0.4 is 14.8 Å². The molecular weight excluding hydrogens is 446 g/mol. The number of nitrogens with zero attached hydrogens (tertiary/aromatic N) is 3. The first-order chi connectivity index (χ1) is 17.2. The number of carbonyl (C=O) groups excluding carboxylic acids is 1. The van der Waals surface area contributed by atoms with Gasteiger partial charge >= 0.3 is 0 Å². The minimum atomic E-state index is -0.302. The van der Waals surface area contributed by atoms with E-state index in [0.29, 0.717) is 36.1 Å². The summed E-state index contributed by atoms with van der Waals surface area (Å²) >= 11 is 0. The van der Waals surface area contributed by atoms with E-state index in [2.05, 4.69) is 31.5 Å². The summed E-state index contributed by atoms with van der Waals surface area (Å²) in [5.41, 5.74) is 4.85. The molecule has 6 rings (SSSR count). The molecule has 0 radical (unpaired) electrons. The Hall–Kier alpha value is -3.95. The van der Waals surface area contributed by atoms with E-state index in [1.165, 1.54) is 0 Å². The van der Waals surface area contributed by atoms with Crippen LogP contribution in [0.4, 0.5) is 5.69 Å². The summed E-state index contributed by atoms with van der Waals surface area (Å²) in [6, 6.07) is 13.4. The van der Waals surface area contributed by atoms with Gasteiger partial charge in [-0.2, -0.15) is 5.10 Å². The van der Waals surface area contributed by atoms with Crippen molar-refractivity contribution in [2.75, 3.05) is 44.8 Å². The largest absolute Gasteiger partial charge is 0.486 e. The molecule has 4 aromatic rings. The molecule has 2 aliphatic heterocycles. The van der Waals surface area contributed by atoms with Crippen molar-refractivity contribution < 1.29 is 19.0 Å². The first-order valence-electron chi connectivity index (χ1n) is 11.7. The van der Waals surface area contributed by atoms with E-state index < -0.39 is 0 Å². The fraction of sp³-hybridized carbons (Fsp3) is 0.269. The molecule has 0 saturated carbocycles. The van der Waals surface area contributed by atoms with Crippen LogP contribution in [0.5, 0.6) is 11.5 Å². The van der Waals surface area contributed by atoms with Gasteiger partial charge in [-0.15, -0.1) is 0 Å². The summed E-state index contributed by atoms with van der Waals surface area (Å²) in [6.45, 7) is 5.22. The van der Waals surface area contributed by atoms with Crippen molar-refractivity contribution in [3.05, 3.63) is 66.1 Å². The van der Waals surface area contributed by atoms with E-state index in [-0.39, 0.29) is 5.91 Å². The zero-order valence-corrected chi connectivity index (χ0v) is 19.1. The molecular formula is C26H25N5O4. The smallest absolute Gasteiger partial charge is 0.276 e. The molecule has 2 aromatic carbocycles. The van der Waals surface area contributed by atoms with Gasteiger partial charge in [0, 0.05) is 54.7 Å². The topological polar surface area (TPSA) is 102 Å². The molecule has 35 heavy (non-hydrogen) atoms. The van der Waals surface area contributed by atoms with Crippen molar-refractivity contribution in [2.24, 2.45) is 0 Å². The number of ether oxygens (including phenoxy) is 3. The number of aromatic nitrogens is 3. The molecule has 1 amide bonds. The van der Waals surface area contributed by atoms with Gasteiger partial charge in [-0.1, -0.05) is 6.07 Å². The summed E-state index contributed by atoms with van der Waals surface area (Å²) in [4.78, 5) is 19.9. The van der Waals surface area contributed by atoms with Gasteiger partial charge in [-0.3, -0.25) is 19.8 Å². The number of nitrogens with one attached hydrogen (secondary N) is 2. The number of benzene rings is 2. The molecule has 0 unspecified atom stereocenters. The third-order valence-corrected chi connectivity index (χ3v) is 6.22. The van der Waals surface area contributed by atoms with Gasteiger partial charge in [-0.05, 0) is 41.5 Å². The maximum Gasteiger partial charge on any atom is 0.276 e. The molecule has 0 bridgehead atoms. The Bertz CT molecular complexity index is 1380. The number of morpholine rings is 1. The number of carbonyl (C=O) groups is 1. The number of amides is 1. The molecule has 9 nitrogen and oxygen atoms in total. The fourth-order valence-corrected chi connectivity index (χ4v) is 4.43. The van der Waals surface area contributed by atoms with Crippen molar-refractivity contribution in [3.63, 3.8) is 0 Å². The molecule has 2 N–H and O–H groups in total. The first-order valence-corrected chi connectivity index (χ1v) is 11.7. The number of aromatic amines is 1. The fourth-order valence-electron chi connectivity index (χ4n) is 4.43. The first kappa shape index (κ1) is 21.6. The number of fused-ring (bicyclic) bond motifs is 2. The normalized spacial score (nSPS) is 15.8. The second-order valence-corrected chi connectivity index (χ2v) is 8.62. The minimum absolute atomic E-state index is 0.302. The van der Waals surface area contributed by atoms with Gasteiger partial charge < -0.3 is 19.5 Å². The number of pyridine rings is 1. The maximum atomic E-state index is 13.1. The molecule has 178 valence electrons. The summed E-state index contributed by atoms with van der Waals surface area (Å²) in [6.07, 6.45) is 3.75. The summed E-state index contributed by atoms with van der Waals surface area (Å²) in [5, 5.41) is 10.9. The van der Waals surface area contributed by atoms with Gasteiger partial charge in [0.05, 0.1) is 18.7 Å².